The van der Waals surface area contributed by atoms with Crippen molar-refractivity contribution in [1.29, 1.82) is 0 Å². The highest BCUT2D eigenvalue weighted by Crippen LogP contribution is 2.59. The molecule has 1 spiro atoms. The van der Waals surface area contributed by atoms with Gasteiger partial charge < -0.3 is 9.33 Å². The van der Waals surface area contributed by atoms with Crippen molar-refractivity contribution in [2.24, 2.45) is 0 Å². The van der Waals surface area contributed by atoms with Gasteiger partial charge in [-0.2, -0.15) is 0 Å². The lowest BCUT2D eigenvalue weighted by Crippen LogP contribution is -2.57. The summed E-state index contributed by atoms with van der Waals surface area (Å²) in [4.78, 5) is 17.7. The quantitative estimate of drug-likeness (QED) is 0.322. The summed E-state index contributed by atoms with van der Waals surface area (Å²) in [5.74, 6) is 0.123. The molecular weight excluding hydrogens is 539 g/mol. The summed E-state index contributed by atoms with van der Waals surface area (Å²) in [6, 6.07) is 9.17. The molecule has 0 N–H and O–H groups in total. The zero-order valence-electron chi connectivity index (χ0n) is 20.4. The van der Waals surface area contributed by atoms with Gasteiger partial charge in [-0.15, -0.1) is 0 Å². The molecule has 3 heterocycles. The summed E-state index contributed by atoms with van der Waals surface area (Å²) < 4.78 is 7.74. The van der Waals surface area contributed by atoms with Crippen LogP contribution in [0.3, 0.4) is 0 Å². The van der Waals surface area contributed by atoms with E-state index in [-0.39, 0.29) is 22.4 Å². The Morgan fingerprint density at radius 1 is 1.27 bits per heavy atom. The number of benzene rings is 1. The minimum Gasteiger partial charge on any atom is -0.413 e. The van der Waals surface area contributed by atoms with Crippen molar-refractivity contribution in [2.45, 2.75) is 69.2 Å². The van der Waals surface area contributed by atoms with Crippen LogP contribution in [0.5, 0.6) is 0 Å². The Hall–Kier alpha value is -1.22. The molecule has 0 aromatic heterocycles. The van der Waals surface area contributed by atoms with Gasteiger partial charge >= 0.3 is 0 Å². The van der Waals surface area contributed by atoms with E-state index in [0.717, 1.165) is 31.6 Å². The molecular formula is C27H35IN2O2Si. The highest BCUT2D eigenvalue weighted by Gasteiger charge is 2.62. The second-order valence-corrected chi connectivity index (χ2v) is 17.6. The predicted octanol–water partition coefficient (Wildman–Crippen LogP) is 5.95. The van der Waals surface area contributed by atoms with E-state index < -0.39 is 8.32 Å². The summed E-state index contributed by atoms with van der Waals surface area (Å²) >= 11 is 2.50. The lowest BCUT2D eigenvalue weighted by molar-refractivity contribution is -0.114. The van der Waals surface area contributed by atoms with Gasteiger partial charge in [0.05, 0.1) is 12.6 Å². The Morgan fingerprint density at radius 2 is 2.03 bits per heavy atom. The molecule has 3 atom stereocenters. The number of nitrogens with zero attached hydrogens (tertiary/aromatic N) is 2. The highest BCUT2D eigenvalue weighted by molar-refractivity contribution is 14.1. The lowest BCUT2D eigenvalue weighted by atomic mass is 9.64. The van der Waals surface area contributed by atoms with Crippen LogP contribution in [-0.2, 0) is 14.6 Å². The predicted molar refractivity (Wildman–Crippen MR) is 146 cm³/mol. The summed E-state index contributed by atoms with van der Waals surface area (Å²) in [5.41, 5.74) is 3.79. The monoisotopic (exact) mass is 574 g/mol. The van der Waals surface area contributed by atoms with Crippen molar-refractivity contribution in [1.82, 2.24) is 4.90 Å². The molecule has 0 bridgehead atoms. The van der Waals surface area contributed by atoms with Crippen LogP contribution < -0.4 is 4.90 Å². The van der Waals surface area contributed by atoms with Crippen molar-refractivity contribution in [3.05, 3.63) is 63.3 Å². The second kappa shape index (κ2) is 8.17. The van der Waals surface area contributed by atoms with Crippen LogP contribution in [-0.4, -0.2) is 50.9 Å². The molecule has 6 heteroatoms. The zero-order chi connectivity index (χ0) is 23.6. The molecule has 1 aliphatic carbocycles. The molecule has 1 fully saturated rings. The fourth-order valence-corrected chi connectivity index (χ4v) is 7.58. The van der Waals surface area contributed by atoms with Gasteiger partial charge in [-0.1, -0.05) is 51.1 Å². The molecule has 3 aliphatic heterocycles. The van der Waals surface area contributed by atoms with Gasteiger partial charge in [0.15, 0.2) is 8.32 Å². The normalized spacial score (nSPS) is 29.2. The van der Waals surface area contributed by atoms with Crippen LogP contribution in [0, 0.1) is 0 Å². The maximum atomic E-state index is 13.0. The Kier molecular flexibility index (Phi) is 5.83. The third-order valence-electron chi connectivity index (χ3n) is 8.72. The van der Waals surface area contributed by atoms with E-state index in [9.17, 15) is 4.79 Å². The van der Waals surface area contributed by atoms with Crippen LogP contribution in [0.15, 0.2) is 57.7 Å². The second-order valence-electron chi connectivity index (χ2n) is 11.4. The topological polar surface area (TPSA) is 32.8 Å². The molecule has 1 aromatic rings. The number of para-hydroxylation sites is 1. The minimum atomic E-state index is -1.74. The first-order valence-electron chi connectivity index (χ1n) is 12.1. The maximum absolute atomic E-state index is 13.0. The number of likely N-dealkylation sites (tertiary alicyclic amines) is 1. The number of hydrogen-bond acceptors (Lipinski definition) is 3. The van der Waals surface area contributed by atoms with Crippen molar-refractivity contribution in [3.63, 3.8) is 0 Å². The molecule has 33 heavy (non-hydrogen) atoms. The molecule has 4 aliphatic rings. The van der Waals surface area contributed by atoms with E-state index in [1.165, 1.54) is 14.7 Å². The average Bonchev–Trinajstić information content (AvgIpc) is 3.27. The third-order valence-corrected chi connectivity index (χ3v) is 14.0. The fourth-order valence-electron chi connectivity index (χ4n) is 6.03. The van der Waals surface area contributed by atoms with E-state index in [4.69, 9.17) is 4.43 Å². The molecule has 176 valence electrons. The molecule has 4 nitrogen and oxygen atoms in total. The molecule has 0 radical (unpaired) electrons. The summed E-state index contributed by atoms with van der Waals surface area (Å²) in [6.07, 6.45) is 10.6. The van der Waals surface area contributed by atoms with Crippen LogP contribution in [0.4, 0.5) is 5.69 Å². The standard InChI is InChI=1S/C27H35IN2O2Si/c1-26(2,3)33(4,5)32-17-14-20(28)18-29-16-15-27-21-8-6-7-9-22(21)30-24(31)13-11-19(25(27)30)10-12-23(27)29/h6-11,13-14,23,25H,12,15-18H2,1-5H3/b20-14-/t23?,25-,27+/m0/s1. The van der Waals surface area contributed by atoms with Gasteiger partial charge in [0.25, 0.3) is 5.91 Å². The third kappa shape index (κ3) is 3.63. The average molecular weight is 575 g/mol. The SMILES string of the molecule is CC(C)(C)[Si](C)(C)OC/C=C(\I)CN1CC[C@@]23c4ccccc4N4C(=O)C=CC(=CCC12)[C@H]43. The number of fused-ring (bicyclic) bond motifs is 2. The van der Waals surface area contributed by atoms with E-state index in [1.54, 1.807) is 6.08 Å². The van der Waals surface area contributed by atoms with Gasteiger partial charge in [-0.25, -0.2) is 0 Å². The van der Waals surface area contributed by atoms with Crippen molar-refractivity contribution in [3.8, 4) is 0 Å². The summed E-state index contributed by atoms with van der Waals surface area (Å²) in [5, 5.41) is 0.230. The molecule has 1 aromatic carbocycles. The lowest BCUT2D eigenvalue weighted by Gasteiger charge is -2.46. The van der Waals surface area contributed by atoms with Crippen molar-refractivity contribution < 1.29 is 9.22 Å². The smallest absolute Gasteiger partial charge is 0.251 e. The highest BCUT2D eigenvalue weighted by atomic mass is 127. The first-order valence-corrected chi connectivity index (χ1v) is 16.1. The Morgan fingerprint density at radius 3 is 2.79 bits per heavy atom. The summed E-state index contributed by atoms with van der Waals surface area (Å²) in [7, 11) is -1.74. The number of amides is 1. The van der Waals surface area contributed by atoms with E-state index in [1.807, 2.05) is 0 Å². The number of carbonyl (C=O) groups excluding carboxylic acids is 1. The minimum absolute atomic E-state index is 0.00431. The van der Waals surface area contributed by atoms with Crippen LogP contribution in [0.1, 0.15) is 39.2 Å². The van der Waals surface area contributed by atoms with Crippen LogP contribution in [0.25, 0.3) is 0 Å². The fraction of sp³-hybridized carbons (Fsp3) is 0.519. The molecule has 1 unspecified atom stereocenters. The molecule has 1 amide bonds. The molecule has 5 rings (SSSR count). The number of hydrogen-bond donors (Lipinski definition) is 0. The van der Waals surface area contributed by atoms with E-state index >= 15 is 0 Å². The Labute approximate surface area is 213 Å². The number of carbonyl (C=O) groups is 1. The first-order chi connectivity index (χ1) is 15.6. The Balaban J connectivity index is 1.39. The van der Waals surface area contributed by atoms with E-state index in [2.05, 4.69) is 109 Å². The van der Waals surface area contributed by atoms with Gasteiger partial charge in [0.2, 0.25) is 0 Å². The largest absolute Gasteiger partial charge is 0.413 e. The number of rotatable bonds is 5. The van der Waals surface area contributed by atoms with Crippen LogP contribution >= 0.6 is 22.6 Å². The van der Waals surface area contributed by atoms with Gasteiger partial charge in [0, 0.05) is 33.3 Å². The first kappa shape index (κ1) is 23.5. The number of halogens is 1. The molecule has 0 saturated carbocycles. The van der Waals surface area contributed by atoms with Gasteiger partial charge in [-0.3, -0.25) is 9.69 Å². The van der Waals surface area contributed by atoms with Gasteiger partial charge in [0.1, 0.15) is 0 Å². The van der Waals surface area contributed by atoms with Gasteiger partial charge in [-0.05, 0) is 83.4 Å². The zero-order valence-corrected chi connectivity index (χ0v) is 23.6. The Bertz CT molecular complexity index is 1070. The maximum Gasteiger partial charge on any atom is 0.251 e. The van der Waals surface area contributed by atoms with Crippen LogP contribution in [0.2, 0.25) is 18.1 Å². The van der Waals surface area contributed by atoms with Crippen molar-refractivity contribution >= 4 is 42.5 Å². The number of anilines is 1. The van der Waals surface area contributed by atoms with Crippen molar-refractivity contribution in [2.75, 3.05) is 24.6 Å². The molecule has 1 saturated heterocycles. The van der Waals surface area contributed by atoms with E-state index in [0.29, 0.717) is 12.6 Å². The summed E-state index contributed by atoms with van der Waals surface area (Å²) in [6.45, 7) is 14.2.